The van der Waals surface area contributed by atoms with Crippen molar-refractivity contribution in [3.8, 4) is 0 Å². The topological polar surface area (TPSA) is 117 Å². The fourth-order valence-corrected chi connectivity index (χ4v) is 3.66. The molecule has 0 bridgehead atoms. The molecule has 31 heavy (non-hydrogen) atoms. The normalized spacial score (nSPS) is 15.8. The van der Waals surface area contributed by atoms with E-state index in [4.69, 9.17) is 0 Å². The number of rotatable bonds is 4. The molecule has 152 valence electrons. The number of benzene rings is 2. The number of imidazole rings is 1. The highest BCUT2D eigenvalue weighted by atomic mass is 16.6. The van der Waals surface area contributed by atoms with Crippen LogP contribution in [-0.2, 0) is 0 Å². The number of nitro benzene ring substituents is 1. The lowest BCUT2D eigenvalue weighted by atomic mass is 10.0. The van der Waals surface area contributed by atoms with Crippen molar-refractivity contribution in [1.29, 1.82) is 0 Å². The lowest BCUT2D eigenvalue weighted by molar-refractivity contribution is -0.384. The summed E-state index contributed by atoms with van der Waals surface area (Å²) in [4.78, 5) is 35.8. The van der Waals surface area contributed by atoms with Gasteiger partial charge in [-0.05, 0) is 29.8 Å². The van der Waals surface area contributed by atoms with Crippen molar-refractivity contribution in [2.24, 2.45) is 5.10 Å². The summed E-state index contributed by atoms with van der Waals surface area (Å²) in [5.74, 6) is 0.256. The first kappa shape index (κ1) is 18.6. The lowest BCUT2D eigenvalue weighted by Gasteiger charge is -2.22. The Balaban J connectivity index is 1.57. The van der Waals surface area contributed by atoms with Crippen LogP contribution < -0.4 is 0 Å². The van der Waals surface area contributed by atoms with Crippen LogP contribution in [0, 0.1) is 10.1 Å². The Hall–Kier alpha value is -4.40. The molecular formula is C22H16N6O3. The number of nitrogens with one attached hydrogen (secondary N) is 1. The van der Waals surface area contributed by atoms with E-state index in [2.05, 4.69) is 20.1 Å². The van der Waals surface area contributed by atoms with Crippen LogP contribution in [0.3, 0.4) is 0 Å². The third-order valence-corrected chi connectivity index (χ3v) is 5.17. The highest BCUT2D eigenvalue weighted by molar-refractivity contribution is 6.04. The zero-order valence-electron chi connectivity index (χ0n) is 16.2. The maximum absolute atomic E-state index is 13.2. The van der Waals surface area contributed by atoms with E-state index in [1.807, 2.05) is 24.3 Å². The van der Waals surface area contributed by atoms with Crippen LogP contribution in [0.4, 0.5) is 5.69 Å². The molecular weight excluding hydrogens is 396 g/mol. The number of nitro groups is 1. The summed E-state index contributed by atoms with van der Waals surface area (Å²) in [7, 11) is 0. The minimum absolute atomic E-state index is 0.0361. The lowest BCUT2D eigenvalue weighted by Crippen LogP contribution is -2.27. The summed E-state index contributed by atoms with van der Waals surface area (Å²) in [5.41, 5.74) is 3.30. The van der Waals surface area contributed by atoms with Crippen molar-refractivity contribution < 1.29 is 9.72 Å². The number of pyridine rings is 1. The van der Waals surface area contributed by atoms with E-state index in [9.17, 15) is 14.9 Å². The summed E-state index contributed by atoms with van der Waals surface area (Å²) in [6.07, 6.45) is 3.45. The number of hydrogen-bond donors (Lipinski definition) is 1. The zero-order valence-corrected chi connectivity index (χ0v) is 16.2. The first-order valence-electron chi connectivity index (χ1n) is 9.61. The van der Waals surface area contributed by atoms with Gasteiger partial charge >= 0.3 is 0 Å². The number of H-pyrrole nitrogens is 1. The van der Waals surface area contributed by atoms with E-state index in [0.717, 1.165) is 11.0 Å². The predicted octanol–water partition coefficient (Wildman–Crippen LogP) is 3.86. The second-order valence-corrected chi connectivity index (χ2v) is 7.11. The van der Waals surface area contributed by atoms with Gasteiger partial charge in [0.1, 0.15) is 5.71 Å². The van der Waals surface area contributed by atoms with Gasteiger partial charge in [0.25, 0.3) is 11.6 Å². The van der Waals surface area contributed by atoms with Crippen LogP contribution in [0.5, 0.6) is 0 Å². The molecule has 1 N–H and O–H groups in total. The molecule has 0 saturated heterocycles. The van der Waals surface area contributed by atoms with E-state index in [-0.39, 0.29) is 11.6 Å². The van der Waals surface area contributed by atoms with Crippen molar-refractivity contribution in [2.45, 2.75) is 12.5 Å². The number of aromatic nitrogens is 3. The van der Waals surface area contributed by atoms with Gasteiger partial charge in [-0.3, -0.25) is 19.9 Å². The Bertz CT molecular complexity index is 1300. The first-order chi connectivity index (χ1) is 15.1. The van der Waals surface area contributed by atoms with Gasteiger partial charge in [0.2, 0.25) is 0 Å². The molecule has 9 heteroatoms. The summed E-state index contributed by atoms with van der Waals surface area (Å²) in [5, 5.41) is 17.2. The summed E-state index contributed by atoms with van der Waals surface area (Å²) in [6, 6.07) is 16.6. The fraction of sp³-hybridized carbons (Fsp3) is 0.0909. The van der Waals surface area contributed by atoms with Crippen LogP contribution in [0.1, 0.15) is 34.2 Å². The third kappa shape index (κ3) is 3.42. The number of nitrogens with zero attached hydrogens (tertiary/aromatic N) is 5. The van der Waals surface area contributed by atoms with E-state index in [1.165, 1.54) is 29.5 Å². The second-order valence-electron chi connectivity index (χ2n) is 7.11. The van der Waals surface area contributed by atoms with E-state index < -0.39 is 11.0 Å². The number of hydrazone groups is 1. The Kier molecular flexibility index (Phi) is 4.47. The van der Waals surface area contributed by atoms with Gasteiger partial charge in [-0.2, -0.15) is 5.10 Å². The van der Waals surface area contributed by atoms with Gasteiger partial charge in [0, 0.05) is 36.5 Å². The Morgan fingerprint density at radius 3 is 2.68 bits per heavy atom. The molecule has 1 amide bonds. The molecule has 2 aromatic heterocycles. The van der Waals surface area contributed by atoms with Crippen LogP contribution in [0.25, 0.3) is 11.0 Å². The molecule has 0 fully saturated rings. The molecule has 0 aliphatic carbocycles. The molecule has 4 aromatic rings. The Labute approximate surface area is 176 Å². The fourth-order valence-electron chi connectivity index (χ4n) is 3.66. The molecule has 3 heterocycles. The summed E-state index contributed by atoms with van der Waals surface area (Å²) < 4.78 is 0. The highest BCUT2D eigenvalue weighted by Crippen LogP contribution is 2.35. The number of carbonyl (C=O) groups is 1. The summed E-state index contributed by atoms with van der Waals surface area (Å²) in [6.45, 7) is 0. The van der Waals surface area contributed by atoms with E-state index >= 15 is 0 Å². The second kappa shape index (κ2) is 7.45. The van der Waals surface area contributed by atoms with Crippen LogP contribution >= 0.6 is 0 Å². The molecule has 2 aromatic carbocycles. The first-order valence-corrected chi connectivity index (χ1v) is 9.61. The van der Waals surface area contributed by atoms with Crippen molar-refractivity contribution in [2.75, 3.05) is 0 Å². The minimum atomic E-state index is -0.497. The van der Waals surface area contributed by atoms with Crippen LogP contribution in [0.2, 0.25) is 0 Å². The van der Waals surface area contributed by atoms with Crippen molar-refractivity contribution in [3.05, 3.63) is 100 Å². The maximum atomic E-state index is 13.2. The smallest absolute Gasteiger partial charge is 0.274 e. The molecule has 1 aliphatic heterocycles. The standard InChI is InChI=1S/C22H16N6O3/c29-22(14-8-10-23-11-9-14)27-20(15-4-3-5-16(12-15)28(30)31)13-19(26-27)21-24-17-6-1-2-7-18(17)25-21/h1-12,20H,13H2,(H,24,25). The van der Waals surface area contributed by atoms with Gasteiger partial charge in [0.05, 0.1) is 22.0 Å². The number of fused-ring (bicyclic) bond motifs is 1. The minimum Gasteiger partial charge on any atom is -0.337 e. The average Bonchev–Trinajstić information content (AvgIpc) is 3.44. The predicted molar refractivity (Wildman–Crippen MR) is 113 cm³/mol. The van der Waals surface area contributed by atoms with Crippen LogP contribution in [-0.4, -0.2) is 36.5 Å². The van der Waals surface area contributed by atoms with Crippen molar-refractivity contribution in [1.82, 2.24) is 20.0 Å². The zero-order chi connectivity index (χ0) is 21.4. The molecule has 5 rings (SSSR count). The number of para-hydroxylation sites is 2. The van der Waals surface area contributed by atoms with Crippen molar-refractivity contribution >= 4 is 28.3 Å². The van der Waals surface area contributed by atoms with Gasteiger partial charge in [-0.1, -0.05) is 24.3 Å². The Morgan fingerprint density at radius 2 is 1.90 bits per heavy atom. The number of hydrogen-bond acceptors (Lipinski definition) is 6. The third-order valence-electron chi connectivity index (χ3n) is 5.17. The average molecular weight is 412 g/mol. The SMILES string of the molecule is O=C(c1ccncc1)N1N=C(c2nc3ccccc3[nH]2)CC1c1cccc([N+](=O)[O-])c1. The molecule has 1 atom stereocenters. The summed E-state index contributed by atoms with van der Waals surface area (Å²) >= 11 is 0. The van der Waals surface area contributed by atoms with Gasteiger partial charge < -0.3 is 4.98 Å². The number of amides is 1. The van der Waals surface area contributed by atoms with Crippen molar-refractivity contribution in [3.63, 3.8) is 0 Å². The largest absolute Gasteiger partial charge is 0.337 e. The maximum Gasteiger partial charge on any atom is 0.274 e. The molecule has 1 aliphatic rings. The number of aromatic amines is 1. The molecule has 0 saturated carbocycles. The monoisotopic (exact) mass is 412 g/mol. The molecule has 1 unspecified atom stereocenters. The van der Waals surface area contributed by atoms with Gasteiger partial charge in [-0.15, -0.1) is 0 Å². The number of carbonyl (C=O) groups excluding carboxylic acids is 1. The van der Waals surface area contributed by atoms with E-state index in [1.54, 1.807) is 24.3 Å². The Morgan fingerprint density at radius 1 is 1.10 bits per heavy atom. The quantitative estimate of drug-likeness (QED) is 0.403. The molecule has 0 spiro atoms. The van der Waals surface area contributed by atoms with E-state index in [0.29, 0.717) is 29.1 Å². The van der Waals surface area contributed by atoms with Gasteiger partial charge in [0.15, 0.2) is 5.82 Å². The van der Waals surface area contributed by atoms with Crippen LogP contribution in [0.15, 0.2) is 78.2 Å². The number of non-ortho nitro benzene ring substituents is 1. The highest BCUT2D eigenvalue weighted by Gasteiger charge is 2.35. The van der Waals surface area contributed by atoms with Gasteiger partial charge in [-0.25, -0.2) is 9.99 Å². The molecule has 9 nitrogen and oxygen atoms in total. The molecule has 0 radical (unpaired) electrons.